The summed E-state index contributed by atoms with van der Waals surface area (Å²) in [6.07, 6.45) is 0. The number of furan rings is 1. The zero-order chi connectivity index (χ0) is 21.9. The minimum absolute atomic E-state index is 0.0123. The second kappa shape index (κ2) is 6.61. The van der Waals surface area contributed by atoms with E-state index in [4.69, 9.17) is 4.42 Å². The van der Waals surface area contributed by atoms with E-state index in [1.54, 1.807) is 48.6 Å². The van der Waals surface area contributed by atoms with Gasteiger partial charge >= 0.3 is 0 Å². The molecule has 156 valence electrons. The molecule has 0 unspecified atom stereocenters. The highest BCUT2D eigenvalue weighted by Crippen LogP contribution is 2.31. The predicted molar refractivity (Wildman–Crippen MR) is 112 cm³/mol. The Morgan fingerprint density at radius 2 is 1.74 bits per heavy atom. The van der Waals surface area contributed by atoms with E-state index in [0.717, 1.165) is 3.97 Å². The van der Waals surface area contributed by atoms with Crippen LogP contribution < -0.4 is 0 Å². The van der Waals surface area contributed by atoms with Crippen molar-refractivity contribution in [1.82, 2.24) is 23.6 Å². The maximum absolute atomic E-state index is 13.5. The molecule has 5 rings (SSSR count). The molecule has 0 saturated carbocycles. The van der Waals surface area contributed by atoms with Crippen molar-refractivity contribution in [1.29, 1.82) is 0 Å². The highest BCUT2D eigenvalue weighted by atomic mass is 32.2. The van der Waals surface area contributed by atoms with E-state index in [9.17, 15) is 13.2 Å². The summed E-state index contributed by atoms with van der Waals surface area (Å²) in [5, 5.41) is 8.75. The van der Waals surface area contributed by atoms with Crippen molar-refractivity contribution in [3.05, 3.63) is 65.8 Å². The van der Waals surface area contributed by atoms with Crippen LogP contribution in [-0.4, -0.2) is 37.8 Å². The molecule has 10 heteroatoms. The largest absolute Gasteiger partial charge is 0.458 e. The summed E-state index contributed by atoms with van der Waals surface area (Å²) in [6.45, 7) is 4.87. The summed E-state index contributed by atoms with van der Waals surface area (Å²) in [4.78, 5) is 17.1. The summed E-state index contributed by atoms with van der Waals surface area (Å²) in [5.74, 6) is 1.59. The van der Waals surface area contributed by atoms with Crippen LogP contribution in [0.1, 0.15) is 29.0 Å². The van der Waals surface area contributed by atoms with Crippen LogP contribution in [0.4, 0.5) is 0 Å². The number of carbonyl (C=O) groups excluding carboxylic acids is 1. The average Bonchev–Trinajstić information content (AvgIpc) is 3.45. The van der Waals surface area contributed by atoms with Crippen LogP contribution in [0, 0.1) is 13.8 Å². The third-order valence-electron chi connectivity index (χ3n) is 5.03. The molecule has 4 aromatic heterocycles. The smallest absolute Gasteiger partial charge is 0.270 e. The maximum atomic E-state index is 13.5. The van der Waals surface area contributed by atoms with Crippen LogP contribution in [0.5, 0.6) is 0 Å². The quantitative estimate of drug-likeness (QED) is 0.398. The van der Waals surface area contributed by atoms with Crippen molar-refractivity contribution in [3.63, 3.8) is 0 Å². The average molecular weight is 435 g/mol. The van der Waals surface area contributed by atoms with Gasteiger partial charge in [-0.2, -0.15) is 0 Å². The van der Waals surface area contributed by atoms with Gasteiger partial charge in [0.2, 0.25) is 0 Å². The van der Waals surface area contributed by atoms with Crippen LogP contribution in [0.15, 0.2) is 57.8 Å². The van der Waals surface area contributed by atoms with E-state index in [2.05, 4.69) is 15.2 Å². The van der Waals surface area contributed by atoms with Gasteiger partial charge in [0.1, 0.15) is 17.3 Å². The van der Waals surface area contributed by atoms with Gasteiger partial charge in [-0.05, 0) is 44.2 Å². The lowest BCUT2D eigenvalue weighted by atomic mass is 10.3. The first-order chi connectivity index (χ1) is 14.8. The van der Waals surface area contributed by atoms with E-state index in [0.29, 0.717) is 34.2 Å². The highest BCUT2D eigenvalue weighted by molar-refractivity contribution is 7.90. The van der Waals surface area contributed by atoms with Gasteiger partial charge in [-0.3, -0.25) is 9.20 Å². The van der Waals surface area contributed by atoms with Crippen molar-refractivity contribution in [2.45, 2.75) is 25.7 Å². The van der Waals surface area contributed by atoms with Gasteiger partial charge < -0.3 is 4.42 Å². The molecular formula is C21H17N5O4S. The maximum Gasteiger partial charge on any atom is 0.270 e. The lowest BCUT2D eigenvalue weighted by Crippen LogP contribution is -2.18. The number of carbonyl (C=O) groups is 1. The summed E-state index contributed by atoms with van der Waals surface area (Å²) < 4.78 is 35.5. The molecule has 0 aliphatic heterocycles. The summed E-state index contributed by atoms with van der Waals surface area (Å²) >= 11 is 0. The zero-order valence-electron chi connectivity index (χ0n) is 16.9. The Bertz CT molecular complexity index is 1590. The Balaban J connectivity index is 1.96. The van der Waals surface area contributed by atoms with Crippen molar-refractivity contribution in [2.24, 2.45) is 0 Å². The minimum atomic E-state index is -4.11. The molecule has 0 amide bonds. The van der Waals surface area contributed by atoms with Crippen LogP contribution in [0.25, 0.3) is 28.3 Å². The van der Waals surface area contributed by atoms with Gasteiger partial charge in [0.05, 0.1) is 10.3 Å². The third-order valence-corrected chi connectivity index (χ3v) is 6.74. The minimum Gasteiger partial charge on any atom is -0.458 e. The SMILES string of the molecule is CC(=O)c1cc2c(nc(-c3ccc(C)o3)n3c(C)nnc23)n1S(=O)(=O)c1ccccc1. The van der Waals surface area contributed by atoms with Crippen LogP contribution in [0.2, 0.25) is 0 Å². The molecule has 0 N–H and O–H groups in total. The second-order valence-corrected chi connectivity index (χ2v) is 8.94. The Morgan fingerprint density at radius 3 is 2.39 bits per heavy atom. The van der Waals surface area contributed by atoms with Crippen LogP contribution >= 0.6 is 0 Å². The van der Waals surface area contributed by atoms with Gasteiger partial charge in [-0.15, -0.1) is 10.2 Å². The van der Waals surface area contributed by atoms with Crippen molar-refractivity contribution in [3.8, 4) is 11.6 Å². The molecule has 31 heavy (non-hydrogen) atoms. The van der Waals surface area contributed by atoms with Crippen molar-refractivity contribution < 1.29 is 17.6 Å². The molecule has 5 aromatic rings. The van der Waals surface area contributed by atoms with E-state index in [1.165, 1.54) is 25.1 Å². The summed E-state index contributed by atoms with van der Waals surface area (Å²) in [7, 11) is -4.11. The molecule has 0 aliphatic carbocycles. The number of nitrogens with zero attached hydrogens (tertiary/aromatic N) is 5. The molecule has 0 fully saturated rings. The van der Waals surface area contributed by atoms with Crippen molar-refractivity contribution >= 4 is 32.5 Å². The number of aryl methyl sites for hydroxylation is 2. The third kappa shape index (κ3) is 2.79. The van der Waals surface area contributed by atoms with Crippen LogP contribution in [-0.2, 0) is 10.0 Å². The zero-order valence-corrected chi connectivity index (χ0v) is 17.7. The summed E-state index contributed by atoms with van der Waals surface area (Å²) in [5.41, 5.74) is 0.454. The molecule has 0 atom stereocenters. The fourth-order valence-electron chi connectivity index (χ4n) is 3.60. The molecule has 0 aliphatic rings. The fraction of sp³-hybridized carbons (Fsp3) is 0.143. The van der Waals surface area contributed by atoms with Gasteiger partial charge in [0.25, 0.3) is 10.0 Å². The molecular weight excluding hydrogens is 418 g/mol. The van der Waals surface area contributed by atoms with E-state index >= 15 is 0 Å². The Labute approximate surface area is 177 Å². The number of fused-ring (bicyclic) bond motifs is 3. The first-order valence-corrected chi connectivity index (χ1v) is 10.9. The second-order valence-electron chi connectivity index (χ2n) is 7.16. The molecule has 0 bridgehead atoms. The molecule has 0 radical (unpaired) electrons. The molecule has 0 saturated heterocycles. The van der Waals surface area contributed by atoms with Gasteiger partial charge in [-0.1, -0.05) is 18.2 Å². The number of hydrogen-bond donors (Lipinski definition) is 0. The number of rotatable bonds is 4. The van der Waals surface area contributed by atoms with Gasteiger partial charge in [-0.25, -0.2) is 17.4 Å². The number of hydrogen-bond acceptors (Lipinski definition) is 7. The number of Topliss-reactive ketones (excluding diaryl/α,β-unsaturated/α-hetero) is 1. The summed E-state index contributed by atoms with van der Waals surface area (Å²) in [6, 6.07) is 12.9. The normalized spacial score (nSPS) is 12.1. The first kappa shape index (κ1) is 19.2. The topological polar surface area (TPSA) is 112 Å². The number of benzene rings is 1. The predicted octanol–water partition coefficient (Wildman–Crippen LogP) is 3.40. The highest BCUT2D eigenvalue weighted by Gasteiger charge is 2.29. The monoisotopic (exact) mass is 435 g/mol. The van der Waals surface area contributed by atoms with E-state index < -0.39 is 15.8 Å². The molecule has 9 nitrogen and oxygen atoms in total. The Morgan fingerprint density at radius 1 is 1.00 bits per heavy atom. The number of ketones is 1. The fourth-order valence-corrected chi connectivity index (χ4v) is 5.12. The lowest BCUT2D eigenvalue weighted by Gasteiger charge is -2.11. The van der Waals surface area contributed by atoms with Crippen LogP contribution in [0.3, 0.4) is 0 Å². The van der Waals surface area contributed by atoms with E-state index in [-0.39, 0.29) is 16.2 Å². The number of aromatic nitrogens is 5. The van der Waals surface area contributed by atoms with E-state index in [1.807, 2.05) is 0 Å². The first-order valence-electron chi connectivity index (χ1n) is 9.44. The Hall–Kier alpha value is -3.79. The standard InChI is InChI=1S/C21H17N5O4S/c1-12-9-10-18(30-12)21-22-19-16(20-24-23-14(3)25(20)21)11-17(13(2)27)26(19)31(28,29)15-7-5-4-6-8-15/h4-11H,1-3H3. The van der Waals surface area contributed by atoms with Gasteiger partial charge in [0, 0.05) is 6.92 Å². The molecule has 1 aromatic carbocycles. The molecule has 0 spiro atoms. The molecule has 4 heterocycles. The van der Waals surface area contributed by atoms with Gasteiger partial charge in [0.15, 0.2) is 28.7 Å². The lowest BCUT2D eigenvalue weighted by molar-refractivity contribution is 0.101. The van der Waals surface area contributed by atoms with Crippen molar-refractivity contribution in [2.75, 3.05) is 0 Å². The Kier molecular flexibility index (Phi) is 4.09.